The smallest absolute Gasteiger partial charge is 0.251 e. The third-order valence-electron chi connectivity index (χ3n) is 2.48. The van der Waals surface area contributed by atoms with Gasteiger partial charge in [0, 0.05) is 24.3 Å². The van der Waals surface area contributed by atoms with Crippen LogP contribution in [0.15, 0.2) is 24.8 Å². The highest BCUT2D eigenvalue weighted by Crippen LogP contribution is 2.22. The Labute approximate surface area is 114 Å². The molecule has 0 saturated carbocycles. The summed E-state index contributed by atoms with van der Waals surface area (Å²) in [6.07, 6.45) is 2.29. The molecule has 4 nitrogen and oxygen atoms in total. The maximum atomic E-state index is 11.9. The molecule has 0 bridgehead atoms. The lowest BCUT2D eigenvalue weighted by atomic mass is 10.1. The maximum Gasteiger partial charge on any atom is 0.251 e. The van der Waals surface area contributed by atoms with E-state index < -0.39 is 0 Å². The summed E-state index contributed by atoms with van der Waals surface area (Å²) in [6.45, 7) is 8.15. The van der Waals surface area contributed by atoms with Crippen LogP contribution in [0.1, 0.15) is 36.2 Å². The van der Waals surface area contributed by atoms with E-state index in [4.69, 9.17) is 9.84 Å². The SMILES string of the molecule is C=Cc1cc(C(=O)NCCCO)ccc1OC(C)C. The number of rotatable bonds is 7. The van der Waals surface area contributed by atoms with Gasteiger partial charge in [0.25, 0.3) is 5.91 Å². The fourth-order valence-electron chi connectivity index (χ4n) is 1.59. The number of benzene rings is 1. The average molecular weight is 263 g/mol. The molecular formula is C15H21NO3. The van der Waals surface area contributed by atoms with E-state index in [1.165, 1.54) is 0 Å². The molecule has 0 fully saturated rings. The number of amides is 1. The van der Waals surface area contributed by atoms with E-state index >= 15 is 0 Å². The van der Waals surface area contributed by atoms with Gasteiger partial charge in [-0.1, -0.05) is 12.7 Å². The van der Waals surface area contributed by atoms with E-state index in [1.807, 2.05) is 13.8 Å². The van der Waals surface area contributed by atoms with Crippen molar-refractivity contribution in [2.45, 2.75) is 26.4 Å². The molecule has 19 heavy (non-hydrogen) atoms. The molecular weight excluding hydrogens is 242 g/mol. The summed E-state index contributed by atoms with van der Waals surface area (Å²) >= 11 is 0. The van der Waals surface area contributed by atoms with Gasteiger partial charge in [0.05, 0.1) is 6.10 Å². The van der Waals surface area contributed by atoms with Gasteiger partial charge in [0.1, 0.15) is 5.75 Å². The average Bonchev–Trinajstić information content (AvgIpc) is 2.38. The molecule has 0 heterocycles. The van der Waals surface area contributed by atoms with Crippen molar-refractivity contribution in [2.24, 2.45) is 0 Å². The van der Waals surface area contributed by atoms with Crippen molar-refractivity contribution >= 4 is 12.0 Å². The molecule has 0 aliphatic carbocycles. The van der Waals surface area contributed by atoms with Crippen molar-refractivity contribution in [1.82, 2.24) is 5.32 Å². The highest BCUT2D eigenvalue weighted by atomic mass is 16.5. The Morgan fingerprint density at radius 2 is 2.26 bits per heavy atom. The monoisotopic (exact) mass is 263 g/mol. The summed E-state index contributed by atoms with van der Waals surface area (Å²) in [5.74, 6) is 0.560. The number of hydrogen-bond donors (Lipinski definition) is 2. The van der Waals surface area contributed by atoms with Crippen LogP contribution in [-0.4, -0.2) is 30.3 Å². The maximum absolute atomic E-state index is 11.9. The van der Waals surface area contributed by atoms with Crippen LogP contribution in [0.25, 0.3) is 6.08 Å². The topological polar surface area (TPSA) is 58.6 Å². The lowest BCUT2D eigenvalue weighted by Gasteiger charge is -2.13. The van der Waals surface area contributed by atoms with E-state index in [1.54, 1.807) is 24.3 Å². The Morgan fingerprint density at radius 1 is 1.53 bits per heavy atom. The third kappa shape index (κ3) is 4.75. The van der Waals surface area contributed by atoms with E-state index in [0.29, 0.717) is 18.5 Å². The molecule has 0 saturated heterocycles. The highest BCUT2D eigenvalue weighted by molar-refractivity contribution is 5.95. The van der Waals surface area contributed by atoms with Gasteiger partial charge in [0.2, 0.25) is 0 Å². The predicted molar refractivity (Wildman–Crippen MR) is 76.3 cm³/mol. The van der Waals surface area contributed by atoms with Gasteiger partial charge in [-0.3, -0.25) is 4.79 Å². The number of aliphatic hydroxyl groups excluding tert-OH is 1. The van der Waals surface area contributed by atoms with Crippen LogP contribution in [0.3, 0.4) is 0 Å². The van der Waals surface area contributed by atoms with Gasteiger partial charge < -0.3 is 15.2 Å². The first-order valence-corrected chi connectivity index (χ1v) is 6.40. The Balaban J connectivity index is 2.81. The molecule has 0 unspecified atom stereocenters. The fraction of sp³-hybridized carbons (Fsp3) is 0.400. The minimum absolute atomic E-state index is 0.0688. The molecule has 0 aliphatic rings. The van der Waals surface area contributed by atoms with Crippen molar-refractivity contribution in [3.63, 3.8) is 0 Å². The van der Waals surface area contributed by atoms with E-state index in [9.17, 15) is 4.79 Å². The Kier molecular flexibility index (Phi) is 6.09. The first kappa shape index (κ1) is 15.2. The van der Waals surface area contributed by atoms with Gasteiger partial charge in [0.15, 0.2) is 0 Å². The second-order valence-electron chi connectivity index (χ2n) is 4.46. The summed E-state index contributed by atoms with van der Waals surface area (Å²) in [7, 11) is 0. The van der Waals surface area contributed by atoms with Crippen LogP contribution in [0.5, 0.6) is 5.75 Å². The van der Waals surface area contributed by atoms with Crippen molar-refractivity contribution in [3.05, 3.63) is 35.9 Å². The number of aliphatic hydroxyl groups is 1. The number of hydrogen-bond acceptors (Lipinski definition) is 3. The zero-order valence-electron chi connectivity index (χ0n) is 11.5. The number of ether oxygens (including phenoxy) is 1. The number of carbonyl (C=O) groups excluding carboxylic acids is 1. The van der Waals surface area contributed by atoms with Crippen LogP contribution in [-0.2, 0) is 0 Å². The van der Waals surface area contributed by atoms with Gasteiger partial charge in [-0.15, -0.1) is 0 Å². The largest absolute Gasteiger partial charge is 0.490 e. The van der Waals surface area contributed by atoms with Crippen molar-refractivity contribution in [3.8, 4) is 5.75 Å². The van der Waals surface area contributed by atoms with Crippen LogP contribution in [0.4, 0.5) is 0 Å². The number of nitrogens with one attached hydrogen (secondary N) is 1. The molecule has 0 atom stereocenters. The van der Waals surface area contributed by atoms with E-state index in [0.717, 1.165) is 11.3 Å². The molecule has 0 aliphatic heterocycles. The summed E-state index contributed by atoms with van der Waals surface area (Å²) in [6, 6.07) is 5.25. The molecule has 1 aromatic carbocycles. The predicted octanol–water partition coefficient (Wildman–Crippen LogP) is 2.23. The summed E-state index contributed by atoms with van der Waals surface area (Å²) in [5, 5.41) is 11.4. The first-order chi connectivity index (χ1) is 9.08. The highest BCUT2D eigenvalue weighted by Gasteiger charge is 2.09. The molecule has 1 aromatic rings. The Bertz CT molecular complexity index is 441. The van der Waals surface area contributed by atoms with Crippen molar-refractivity contribution < 1.29 is 14.6 Å². The second-order valence-corrected chi connectivity index (χ2v) is 4.46. The molecule has 0 radical (unpaired) electrons. The van der Waals surface area contributed by atoms with Crippen molar-refractivity contribution in [1.29, 1.82) is 0 Å². The molecule has 0 spiro atoms. The number of carbonyl (C=O) groups is 1. The van der Waals surface area contributed by atoms with E-state index in [2.05, 4.69) is 11.9 Å². The molecule has 104 valence electrons. The third-order valence-corrected chi connectivity index (χ3v) is 2.48. The normalized spacial score (nSPS) is 10.3. The van der Waals surface area contributed by atoms with Crippen LogP contribution in [0, 0.1) is 0 Å². The quantitative estimate of drug-likeness (QED) is 0.742. The lowest BCUT2D eigenvalue weighted by Crippen LogP contribution is -2.25. The van der Waals surface area contributed by atoms with Gasteiger partial charge in [-0.2, -0.15) is 0 Å². The summed E-state index contributed by atoms with van der Waals surface area (Å²) in [4.78, 5) is 11.9. The molecule has 4 heteroatoms. The zero-order chi connectivity index (χ0) is 14.3. The van der Waals surface area contributed by atoms with Crippen LogP contribution >= 0.6 is 0 Å². The molecule has 2 N–H and O–H groups in total. The van der Waals surface area contributed by atoms with Crippen molar-refractivity contribution in [2.75, 3.05) is 13.2 Å². The Hall–Kier alpha value is -1.81. The molecule has 0 aromatic heterocycles. The second kappa shape index (κ2) is 7.59. The first-order valence-electron chi connectivity index (χ1n) is 6.40. The zero-order valence-corrected chi connectivity index (χ0v) is 11.5. The van der Waals surface area contributed by atoms with Crippen LogP contribution in [0.2, 0.25) is 0 Å². The van der Waals surface area contributed by atoms with Gasteiger partial charge in [-0.25, -0.2) is 0 Å². The van der Waals surface area contributed by atoms with Crippen LogP contribution < -0.4 is 10.1 Å². The van der Waals surface area contributed by atoms with E-state index in [-0.39, 0.29) is 18.6 Å². The van der Waals surface area contributed by atoms with Gasteiger partial charge >= 0.3 is 0 Å². The lowest BCUT2D eigenvalue weighted by molar-refractivity contribution is 0.0951. The molecule has 1 amide bonds. The minimum atomic E-state index is -0.160. The summed E-state index contributed by atoms with van der Waals surface area (Å²) < 4.78 is 5.63. The Morgan fingerprint density at radius 3 is 2.84 bits per heavy atom. The molecule has 1 rings (SSSR count). The fourth-order valence-corrected chi connectivity index (χ4v) is 1.59. The standard InChI is InChI=1S/C15H21NO3/c1-4-12-10-13(15(18)16-8-5-9-17)6-7-14(12)19-11(2)3/h4,6-7,10-11,17H,1,5,8-9H2,2-3H3,(H,16,18). The van der Waals surface area contributed by atoms with Gasteiger partial charge in [-0.05, 0) is 38.5 Å². The minimum Gasteiger partial charge on any atom is -0.490 e. The summed E-state index contributed by atoms with van der Waals surface area (Å²) in [5.41, 5.74) is 1.35.